The Bertz CT molecular complexity index is 302. The summed E-state index contributed by atoms with van der Waals surface area (Å²) in [6.07, 6.45) is 3.97. The van der Waals surface area contributed by atoms with E-state index in [1.807, 2.05) is 0 Å². The van der Waals surface area contributed by atoms with Crippen LogP contribution in [-0.4, -0.2) is 51.4 Å². The van der Waals surface area contributed by atoms with Crippen LogP contribution in [-0.2, 0) is 14.6 Å². The zero-order valence-electron chi connectivity index (χ0n) is 10.1. The average Bonchev–Trinajstić information content (AvgIpc) is 2.21. The van der Waals surface area contributed by atoms with Crippen LogP contribution in [0.3, 0.4) is 0 Å². The monoisotopic (exact) mass is 267 g/mol. The van der Waals surface area contributed by atoms with Gasteiger partial charge in [-0.25, -0.2) is 13.2 Å². The van der Waals surface area contributed by atoms with Crippen molar-refractivity contribution >= 4 is 15.9 Å². The minimum Gasteiger partial charge on any atom is -0.448 e. The van der Waals surface area contributed by atoms with E-state index in [4.69, 9.17) is 5.11 Å². The van der Waals surface area contributed by atoms with Gasteiger partial charge in [-0.2, -0.15) is 0 Å². The molecule has 1 amide bonds. The minimum atomic E-state index is -3.08. The van der Waals surface area contributed by atoms with Crippen molar-refractivity contribution in [2.24, 2.45) is 0 Å². The number of carbonyl (C=O) groups is 1. The Kier molecular flexibility index (Phi) is 8.79. The number of aliphatic hydroxyl groups excluding tert-OH is 1. The molecule has 0 aliphatic heterocycles. The van der Waals surface area contributed by atoms with Crippen LogP contribution >= 0.6 is 0 Å². The molecule has 0 heterocycles. The lowest BCUT2D eigenvalue weighted by Gasteiger charge is -2.06. The number of aliphatic hydroxyl groups is 1. The third-order valence-corrected chi connectivity index (χ3v) is 2.95. The highest BCUT2D eigenvalue weighted by Crippen LogP contribution is 1.97. The van der Waals surface area contributed by atoms with Gasteiger partial charge < -0.3 is 15.2 Å². The molecule has 0 aliphatic rings. The fourth-order valence-electron chi connectivity index (χ4n) is 1.12. The fourth-order valence-corrected chi connectivity index (χ4v) is 1.50. The molecule has 0 saturated heterocycles. The summed E-state index contributed by atoms with van der Waals surface area (Å²) < 4.78 is 26.2. The molecule has 0 aromatic rings. The second-order valence-corrected chi connectivity index (χ2v) is 6.09. The first kappa shape index (κ1) is 16.2. The number of sulfone groups is 1. The number of carbonyl (C=O) groups excluding carboxylic acids is 1. The number of ether oxygens (including phenoxy) is 1. The molecule has 0 aliphatic carbocycles. The van der Waals surface area contributed by atoms with Crippen molar-refractivity contribution in [2.75, 3.05) is 31.8 Å². The molecule has 0 atom stereocenters. The molecule has 102 valence electrons. The first-order chi connectivity index (χ1) is 7.95. The van der Waals surface area contributed by atoms with Crippen LogP contribution in [0.5, 0.6) is 0 Å². The molecular formula is C10H21NO5S. The predicted octanol–water partition coefficient (Wildman–Crippen LogP) is 0.310. The van der Waals surface area contributed by atoms with Crippen LogP contribution in [0.15, 0.2) is 0 Å². The molecule has 0 saturated carbocycles. The average molecular weight is 267 g/mol. The molecule has 0 bridgehead atoms. The molecule has 0 fully saturated rings. The zero-order valence-corrected chi connectivity index (χ0v) is 11.0. The van der Waals surface area contributed by atoms with E-state index < -0.39 is 15.9 Å². The molecule has 0 aromatic heterocycles. The van der Waals surface area contributed by atoms with Gasteiger partial charge in [-0.3, -0.25) is 0 Å². The quantitative estimate of drug-likeness (QED) is 0.586. The van der Waals surface area contributed by atoms with Crippen molar-refractivity contribution < 1.29 is 23.1 Å². The van der Waals surface area contributed by atoms with Crippen LogP contribution < -0.4 is 5.32 Å². The van der Waals surface area contributed by atoms with Crippen molar-refractivity contribution in [1.29, 1.82) is 0 Å². The van der Waals surface area contributed by atoms with Crippen LogP contribution in [0.2, 0.25) is 0 Å². The molecule has 6 nitrogen and oxygen atoms in total. The molecule has 0 spiro atoms. The number of hydrogen-bond acceptors (Lipinski definition) is 5. The standard InChI is InChI=1S/C10H21NO5S/c1-17(14,15)9-8-16-10(13)11-6-4-2-3-5-7-12/h12H,2-9H2,1H3,(H,11,13). The summed E-state index contributed by atoms with van der Waals surface area (Å²) in [7, 11) is -3.08. The lowest BCUT2D eigenvalue weighted by atomic mass is 10.2. The van der Waals surface area contributed by atoms with Gasteiger partial charge >= 0.3 is 6.09 Å². The van der Waals surface area contributed by atoms with E-state index in [-0.39, 0.29) is 19.0 Å². The molecule has 0 unspecified atom stereocenters. The van der Waals surface area contributed by atoms with Crippen molar-refractivity contribution in [3.8, 4) is 0 Å². The maximum atomic E-state index is 11.0. The van der Waals surface area contributed by atoms with Crippen molar-refractivity contribution in [1.82, 2.24) is 5.32 Å². The predicted molar refractivity (Wildman–Crippen MR) is 64.6 cm³/mol. The Balaban J connectivity index is 3.35. The zero-order chi connectivity index (χ0) is 13.1. The molecule has 17 heavy (non-hydrogen) atoms. The number of unbranched alkanes of at least 4 members (excludes halogenated alkanes) is 3. The maximum Gasteiger partial charge on any atom is 0.407 e. The van der Waals surface area contributed by atoms with Gasteiger partial charge in [0.15, 0.2) is 9.84 Å². The molecule has 0 rings (SSSR count). The SMILES string of the molecule is CS(=O)(=O)CCOC(=O)NCCCCCCO. The Labute approximate surface area is 102 Å². The summed E-state index contributed by atoms with van der Waals surface area (Å²) in [5, 5.41) is 11.1. The van der Waals surface area contributed by atoms with Gasteiger partial charge in [0, 0.05) is 19.4 Å². The summed E-state index contributed by atoms with van der Waals surface area (Å²) in [5.74, 6) is -0.156. The van der Waals surface area contributed by atoms with Gasteiger partial charge in [0.05, 0.1) is 5.75 Å². The topological polar surface area (TPSA) is 92.7 Å². The first-order valence-corrected chi connectivity index (χ1v) is 7.71. The largest absolute Gasteiger partial charge is 0.448 e. The summed E-state index contributed by atoms with van der Waals surface area (Å²) in [6, 6.07) is 0. The molecule has 0 aromatic carbocycles. The summed E-state index contributed by atoms with van der Waals surface area (Å²) in [5.41, 5.74) is 0. The highest BCUT2D eigenvalue weighted by atomic mass is 32.2. The van der Waals surface area contributed by atoms with E-state index in [1.165, 1.54) is 0 Å². The number of rotatable bonds is 9. The van der Waals surface area contributed by atoms with Crippen LogP contribution in [0.25, 0.3) is 0 Å². The van der Waals surface area contributed by atoms with Gasteiger partial charge in [0.2, 0.25) is 0 Å². The lowest BCUT2D eigenvalue weighted by Crippen LogP contribution is -2.27. The first-order valence-electron chi connectivity index (χ1n) is 5.65. The summed E-state index contributed by atoms with van der Waals surface area (Å²) in [6.45, 7) is 0.583. The Morgan fingerprint density at radius 2 is 1.88 bits per heavy atom. The van der Waals surface area contributed by atoms with Gasteiger partial charge in [-0.15, -0.1) is 0 Å². The van der Waals surface area contributed by atoms with E-state index in [1.54, 1.807) is 0 Å². The van der Waals surface area contributed by atoms with Crippen LogP contribution in [0.4, 0.5) is 4.79 Å². The molecule has 0 radical (unpaired) electrons. The fraction of sp³-hybridized carbons (Fsp3) is 0.900. The Morgan fingerprint density at radius 3 is 2.47 bits per heavy atom. The van der Waals surface area contributed by atoms with Gasteiger partial charge in [0.1, 0.15) is 6.61 Å². The van der Waals surface area contributed by atoms with E-state index in [0.717, 1.165) is 31.9 Å². The summed E-state index contributed by atoms with van der Waals surface area (Å²) in [4.78, 5) is 11.0. The molecular weight excluding hydrogens is 246 g/mol. The third-order valence-electron chi connectivity index (χ3n) is 2.04. The number of amides is 1. The second-order valence-electron chi connectivity index (χ2n) is 3.83. The van der Waals surface area contributed by atoms with E-state index in [0.29, 0.717) is 6.54 Å². The lowest BCUT2D eigenvalue weighted by molar-refractivity contribution is 0.152. The van der Waals surface area contributed by atoms with Gasteiger partial charge in [-0.05, 0) is 12.8 Å². The molecule has 7 heteroatoms. The Hall–Kier alpha value is -0.820. The Morgan fingerprint density at radius 1 is 1.24 bits per heavy atom. The van der Waals surface area contributed by atoms with Crippen molar-refractivity contribution in [3.63, 3.8) is 0 Å². The number of nitrogens with one attached hydrogen (secondary N) is 1. The van der Waals surface area contributed by atoms with Gasteiger partial charge in [-0.1, -0.05) is 12.8 Å². The number of alkyl carbamates (subject to hydrolysis) is 1. The third kappa shape index (κ3) is 13.1. The normalized spacial score (nSPS) is 11.2. The summed E-state index contributed by atoms with van der Waals surface area (Å²) >= 11 is 0. The van der Waals surface area contributed by atoms with Gasteiger partial charge in [0.25, 0.3) is 0 Å². The van der Waals surface area contributed by atoms with E-state index >= 15 is 0 Å². The molecule has 2 N–H and O–H groups in total. The number of hydrogen-bond donors (Lipinski definition) is 2. The second kappa shape index (κ2) is 9.23. The highest BCUT2D eigenvalue weighted by Gasteiger charge is 2.05. The van der Waals surface area contributed by atoms with Crippen molar-refractivity contribution in [2.45, 2.75) is 25.7 Å². The van der Waals surface area contributed by atoms with Crippen LogP contribution in [0.1, 0.15) is 25.7 Å². The smallest absolute Gasteiger partial charge is 0.407 e. The van der Waals surface area contributed by atoms with E-state index in [9.17, 15) is 13.2 Å². The van der Waals surface area contributed by atoms with Crippen molar-refractivity contribution in [3.05, 3.63) is 0 Å². The maximum absolute atomic E-state index is 11.0. The highest BCUT2D eigenvalue weighted by molar-refractivity contribution is 7.90. The minimum absolute atomic E-state index is 0.116. The van der Waals surface area contributed by atoms with E-state index in [2.05, 4.69) is 10.1 Å². The van der Waals surface area contributed by atoms with Crippen LogP contribution in [0, 0.1) is 0 Å².